The molecule has 1 amide bonds. The summed E-state index contributed by atoms with van der Waals surface area (Å²) in [5.74, 6) is 0.489. The van der Waals surface area contributed by atoms with Gasteiger partial charge >= 0.3 is 0 Å². The van der Waals surface area contributed by atoms with Crippen molar-refractivity contribution in [2.75, 3.05) is 27.4 Å². The minimum absolute atomic E-state index is 0.0823. The Kier molecular flexibility index (Phi) is 6.13. The maximum Gasteiger partial charge on any atom is 0.257 e. The van der Waals surface area contributed by atoms with Crippen molar-refractivity contribution in [1.82, 2.24) is 9.88 Å². The fourth-order valence-corrected chi connectivity index (χ4v) is 3.55. The molecule has 1 N–H and O–H groups in total. The molecule has 6 heteroatoms. The molecule has 0 bridgehead atoms. The number of ether oxygens (including phenoxy) is 2. The van der Waals surface area contributed by atoms with Crippen LogP contribution in [0.3, 0.4) is 0 Å². The maximum absolute atomic E-state index is 13.6. The fraction of sp³-hybridized carbons (Fsp3) is 0.478. The summed E-state index contributed by atoms with van der Waals surface area (Å²) in [5.41, 5.74) is 2.17. The van der Waals surface area contributed by atoms with E-state index in [1.165, 1.54) is 0 Å². The quantitative estimate of drug-likeness (QED) is 0.774. The van der Waals surface area contributed by atoms with Crippen LogP contribution in [0.25, 0.3) is 11.1 Å². The highest BCUT2D eigenvalue weighted by Gasteiger charge is 2.35. The standard InChI is InChI=1S/C23H30N2O4/c1-23(2,3)19-14-15(17-7-6-10-24-21(17)26)13-18(20(19)29-5)22(27)25(11-12-28-4)16-8-9-16/h6-7,10,13-14,16H,8-9,11-12H2,1-5H3,(H,24,26). The van der Waals surface area contributed by atoms with Gasteiger partial charge < -0.3 is 19.4 Å². The minimum Gasteiger partial charge on any atom is -0.496 e. The molecule has 1 saturated carbocycles. The Bertz CT molecular complexity index is 939. The van der Waals surface area contributed by atoms with Crippen molar-refractivity contribution in [3.8, 4) is 16.9 Å². The second-order valence-electron chi connectivity index (χ2n) is 8.49. The Hall–Kier alpha value is -2.60. The number of pyridine rings is 1. The molecule has 0 unspecified atom stereocenters. The fourth-order valence-electron chi connectivity index (χ4n) is 3.55. The zero-order chi connectivity index (χ0) is 21.2. The van der Waals surface area contributed by atoms with Crippen LogP contribution in [0.4, 0.5) is 0 Å². The van der Waals surface area contributed by atoms with E-state index in [4.69, 9.17) is 9.47 Å². The number of aromatic amines is 1. The van der Waals surface area contributed by atoms with Crippen LogP contribution in [0.2, 0.25) is 0 Å². The zero-order valence-electron chi connectivity index (χ0n) is 17.9. The first-order valence-electron chi connectivity index (χ1n) is 9.98. The molecule has 1 aromatic carbocycles. The van der Waals surface area contributed by atoms with E-state index < -0.39 is 0 Å². The molecular weight excluding hydrogens is 368 g/mol. The van der Waals surface area contributed by atoms with Crippen molar-refractivity contribution < 1.29 is 14.3 Å². The lowest BCUT2D eigenvalue weighted by Crippen LogP contribution is -2.36. The van der Waals surface area contributed by atoms with Gasteiger partial charge in [0.15, 0.2) is 0 Å². The Morgan fingerprint density at radius 2 is 1.97 bits per heavy atom. The second-order valence-corrected chi connectivity index (χ2v) is 8.49. The number of benzene rings is 1. The SMILES string of the molecule is COCCN(C(=O)c1cc(-c2ccc[nH]c2=O)cc(C(C)(C)C)c1OC)C1CC1. The molecule has 0 spiro atoms. The van der Waals surface area contributed by atoms with E-state index in [1.54, 1.807) is 38.6 Å². The Morgan fingerprint density at radius 3 is 2.52 bits per heavy atom. The molecule has 0 aliphatic heterocycles. The number of carbonyl (C=O) groups is 1. The highest BCUT2D eigenvalue weighted by molar-refractivity contribution is 5.99. The summed E-state index contributed by atoms with van der Waals surface area (Å²) in [4.78, 5) is 30.6. The van der Waals surface area contributed by atoms with Gasteiger partial charge in [-0.15, -0.1) is 0 Å². The highest BCUT2D eigenvalue weighted by Crippen LogP contribution is 2.39. The van der Waals surface area contributed by atoms with Gasteiger partial charge in [-0.3, -0.25) is 9.59 Å². The minimum atomic E-state index is -0.269. The van der Waals surface area contributed by atoms with E-state index in [2.05, 4.69) is 25.8 Å². The van der Waals surface area contributed by atoms with Crippen molar-refractivity contribution in [2.45, 2.75) is 45.1 Å². The third-order valence-corrected chi connectivity index (χ3v) is 5.25. The largest absolute Gasteiger partial charge is 0.496 e. The molecule has 0 atom stereocenters. The molecule has 29 heavy (non-hydrogen) atoms. The summed E-state index contributed by atoms with van der Waals surface area (Å²) in [6.45, 7) is 7.23. The van der Waals surface area contributed by atoms with Gasteiger partial charge in [-0.25, -0.2) is 0 Å². The molecular formula is C23H30N2O4. The van der Waals surface area contributed by atoms with E-state index in [0.29, 0.717) is 35.6 Å². The summed E-state index contributed by atoms with van der Waals surface area (Å²) in [5, 5.41) is 0. The normalized spacial score (nSPS) is 14.0. The Morgan fingerprint density at radius 1 is 1.24 bits per heavy atom. The van der Waals surface area contributed by atoms with Crippen LogP contribution in [0, 0.1) is 0 Å². The van der Waals surface area contributed by atoms with Gasteiger partial charge in [-0.1, -0.05) is 20.8 Å². The first-order valence-corrected chi connectivity index (χ1v) is 9.98. The van der Waals surface area contributed by atoms with Crippen LogP contribution < -0.4 is 10.3 Å². The van der Waals surface area contributed by atoms with Crippen LogP contribution in [0.1, 0.15) is 49.5 Å². The highest BCUT2D eigenvalue weighted by atomic mass is 16.5. The zero-order valence-corrected chi connectivity index (χ0v) is 17.9. The van der Waals surface area contributed by atoms with E-state index in [-0.39, 0.29) is 22.9 Å². The summed E-state index contributed by atoms with van der Waals surface area (Å²) in [7, 11) is 3.23. The number of hydrogen-bond donors (Lipinski definition) is 1. The third kappa shape index (κ3) is 4.53. The van der Waals surface area contributed by atoms with E-state index in [0.717, 1.165) is 18.4 Å². The van der Waals surface area contributed by atoms with Gasteiger partial charge in [-0.05, 0) is 48.1 Å². The van der Waals surface area contributed by atoms with Crippen LogP contribution in [0.5, 0.6) is 5.75 Å². The summed E-state index contributed by atoms with van der Waals surface area (Å²) < 4.78 is 10.9. The second kappa shape index (κ2) is 8.41. The van der Waals surface area contributed by atoms with Crippen molar-refractivity contribution >= 4 is 5.91 Å². The predicted molar refractivity (Wildman–Crippen MR) is 114 cm³/mol. The van der Waals surface area contributed by atoms with Crippen LogP contribution in [-0.2, 0) is 10.2 Å². The number of H-pyrrole nitrogens is 1. The van der Waals surface area contributed by atoms with Gasteiger partial charge in [0.25, 0.3) is 11.5 Å². The first-order chi connectivity index (χ1) is 13.8. The number of rotatable bonds is 7. The van der Waals surface area contributed by atoms with Crippen molar-refractivity contribution in [2.24, 2.45) is 0 Å². The Balaban J connectivity index is 2.18. The molecule has 0 radical (unpaired) electrons. The molecule has 1 aromatic heterocycles. The molecule has 6 nitrogen and oxygen atoms in total. The summed E-state index contributed by atoms with van der Waals surface area (Å²) in [6, 6.07) is 7.53. The topological polar surface area (TPSA) is 71.6 Å². The van der Waals surface area contributed by atoms with Crippen LogP contribution >= 0.6 is 0 Å². The number of nitrogens with one attached hydrogen (secondary N) is 1. The van der Waals surface area contributed by atoms with Crippen molar-refractivity contribution in [3.05, 3.63) is 51.9 Å². The van der Waals surface area contributed by atoms with Gasteiger partial charge in [0, 0.05) is 37.0 Å². The molecule has 1 aliphatic rings. The third-order valence-electron chi connectivity index (χ3n) is 5.25. The molecule has 2 aromatic rings. The van der Waals surface area contributed by atoms with E-state index >= 15 is 0 Å². The number of carbonyl (C=O) groups excluding carboxylic acids is 1. The molecule has 0 saturated heterocycles. The lowest BCUT2D eigenvalue weighted by Gasteiger charge is -2.28. The van der Waals surface area contributed by atoms with E-state index in [9.17, 15) is 9.59 Å². The molecule has 1 aliphatic carbocycles. The number of aromatic nitrogens is 1. The Labute approximate surface area is 171 Å². The van der Waals surface area contributed by atoms with Crippen molar-refractivity contribution in [3.63, 3.8) is 0 Å². The van der Waals surface area contributed by atoms with Crippen LogP contribution in [0.15, 0.2) is 35.3 Å². The number of amides is 1. The maximum atomic E-state index is 13.6. The monoisotopic (exact) mass is 398 g/mol. The molecule has 3 rings (SSSR count). The predicted octanol–water partition coefficient (Wildman–Crippen LogP) is 3.60. The smallest absolute Gasteiger partial charge is 0.257 e. The van der Waals surface area contributed by atoms with Gasteiger partial charge in [0.2, 0.25) is 0 Å². The van der Waals surface area contributed by atoms with Gasteiger partial charge in [0.1, 0.15) is 5.75 Å². The van der Waals surface area contributed by atoms with E-state index in [1.807, 2.05) is 11.0 Å². The average Bonchev–Trinajstić information content (AvgIpc) is 3.52. The number of hydrogen-bond acceptors (Lipinski definition) is 4. The molecule has 156 valence electrons. The van der Waals surface area contributed by atoms with Crippen LogP contribution in [-0.4, -0.2) is 49.2 Å². The molecule has 1 fully saturated rings. The number of methoxy groups -OCH3 is 2. The molecule has 1 heterocycles. The lowest BCUT2D eigenvalue weighted by atomic mass is 9.83. The average molecular weight is 399 g/mol. The van der Waals surface area contributed by atoms with Crippen molar-refractivity contribution in [1.29, 1.82) is 0 Å². The summed E-state index contributed by atoms with van der Waals surface area (Å²) >= 11 is 0. The lowest BCUT2D eigenvalue weighted by molar-refractivity contribution is 0.0676. The first kappa shape index (κ1) is 21.1. The summed E-state index contributed by atoms with van der Waals surface area (Å²) in [6.07, 6.45) is 3.61. The van der Waals surface area contributed by atoms with Gasteiger partial charge in [0.05, 0.1) is 19.3 Å². The van der Waals surface area contributed by atoms with Gasteiger partial charge in [-0.2, -0.15) is 0 Å². The number of nitrogens with zero attached hydrogens (tertiary/aromatic N) is 1.